The Labute approximate surface area is 151 Å². The number of urea groups is 1. The number of ether oxygens (including phenoxy) is 1. The van der Waals surface area contributed by atoms with E-state index in [2.05, 4.69) is 5.32 Å². The van der Waals surface area contributed by atoms with Crippen LogP contribution in [0.3, 0.4) is 0 Å². The maximum absolute atomic E-state index is 14.6. The highest BCUT2D eigenvalue weighted by Crippen LogP contribution is 2.29. The fourth-order valence-electron chi connectivity index (χ4n) is 3.31. The topological polar surface area (TPSA) is 79.0 Å². The third kappa shape index (κ3) is 4.12. The van der Waals surface area contributed by atoms with E-state index in [4.69, 9.17) is 4.74 Å². The number of hydrogen-bond donors (Lipinski definition) is 1. The van der Waals surface area contributed by atoms with Crippen LogP contribution in [0.1, 0.15) is 26.2 Å². The molecule has 1 aromatic rings. The lowest BCUT2D eigenvalue weighted by atomic mass is 9.97. The Kier molecular flexibility index (Phi) is 5.39. The van der Waals surface area contributed by atoms with Crippen LogP contribution in [-0.2, 0) is 14.3 Å². The zero-order valence-electron chi connectivity index (χ0n) is 14.7. The molecule has 0 aromatic heterocycles. The van der Waals surface area contributed by atoms with Crippen molar-refractivity contribution in [1.29, 1.82) is 0 Å². The zero-order chi connectivity index (χ0) is 18.7. The minimum absolute atomic E-state index is 0.199. The van der Waals surface area contributed by atoms with Crippen molar-refractivity contribution < 1.29 is 23.5 Å². The molecule has 1 aromatic carbocycles. The highest BCUT2D eigenvalue weighted by molar-refractivity contribution is 6.05. The number of nitrogens with one attached hydrogen (secondary N) is 1. The van der Waals surface area contributed by atoms with Gasteiger partial charge < -0.3 is 9.64 Å². The van der Waals surface area contributed by atoms with Crippen molar-refractivity contribution in [2.24, 2.45) is 5.92 Å². The van der Waals surface area contributed by atoms with Crippen molar-refractivity contribution in [1.82, 2.24) is 5.32 Å². The van der Waals surface area contributed by atoms with E-state index in [1.165, 1.54) is 17.9 Å². The maximum atomic E-state index is 14.6. The molecule has 2 heterocycles. The van der Waals surface area contributed by atoms with Crippen molar-refractivity contribution in [2.75, 3.05) is 36.0 Å². The molecule has 0 atom stereocenters. The molecular formula is C18H22FN3O4. The second-order valence-electron chi connectivity index (χ2n) is 6.62. The summed E-state index contributed by atoms with van der Waals surface area (Å²) in [6.45, 7) is 3.41. The number of anilines is 2. The largest absolute Gasteiger partial charge is 0.466 e. The molecule has 26 heavy (non-hydrogen) atoms. The number of halogens is 1. The monoisotopic (exact) mass is 363 g/mol. The van der Waals surface area contributed by atoms with E-state index >= 15 is 0 Å². The Morgan fingerprint density at radius 1 is 1.27 bits per heavy atom. The fraction of sp³-hybridized carbons (Fsp3) is 0.500. The van der Waals surface area contributed by atoms with Gasteiger partial charge in [0.25, 0.3) is 0 Å². The van der Waals surface area contributed by atoms with Gasteiger partial charge in [0.05, 0.1) is 12.3 Å². The van der Waals surface area contributed by atoms with E-state index in [0.29, 0.717) is 37.0 Å². The zero-order valence-corrected chi connectivity index (χ0v) is 14.7. The summed E-state index contributed by atoms with van der Waals surface area (Å²) in [6.07, 6.45) is 1.85. The minimum Gasteiger partial charge on any atom is -0.466 e. The summed E-state index contributed by atoms with van der Waals surface area (Å²) in [5.41, 5.74) is 0.925. The number of carbonyl (C=O) groups is 3. The molecule has 8 heteroatoms. The van der Waals surface area contributed by atoms with Gasteiger partial charge in [0, 0.05) is 38.7 Å². The summed E-state index contributed by atoms with van der Waals surface area (Å²) in [5.74, 6) is -0.699. The third-order valence-electron chi connectivity index (χ3n) is 4.77. The van der Waals surface area contributed by atoms with Gasteiger partial charge in [-0.25, -0.2) is 9.18 Å². The van der Waals surface area contributed by atoms with Crippen molar-refractivity contribution in [3.8, 4) is 0 Å². The Hall–Kier alpha value is -2.64. The van der Waals surface area contributed by atoms with Crippen molar-refractivity contribution in [2.45, 2.75) is 26.2 Å². The lowest BCUT2D eigenvalue weighted by Gasteiger charge is -2.34. The summed E-state index contributed by atoms with van der Waals surface area (Å²) in [7, 11) is 0. The van der Waals surface area contributed by atoms with Crippen LogP contribution in [0.15, 0.2) is 18.2 Å². The first kappa shape index (κ1) is 18.2. The predicted molar refractivity (Wildman–Crippen MR) is 93.5 cm³/mol. The van der Waals surface area contributed by atoms with Gasteiger partial charge in [-0.05, 0) is 37.0 Å². The summed E-state index contributed by atoms with van der Waals surface area (Å²) in [6, 6.07) is 4.16. The third-order valence-corrected chi connectivity index (χ3v) is 4.77. The van der Waals surface area contributed by atoms with Crippen LogP contribution in [0.2, 0.25) is 0 Å². The van der Waals surface area contributed by atoms with E-state index < -0.39 is 11.8 Å². The molecule has 1 N–H and O–H groups in total. The molecule has 0 saturated carbocycles. The first-order chi connectivity index (χ1) is 12.4. The molecule has 0 bridgehead atoms. The summed E-state index contributed by atoms with van der Waals surface area (Å²) >= 11 is 0. The molecule has 0 radical (unpaired) electrons. The fourth-order valence-corrected chi connectivity index (χ4v) is 3.31. The summed E-state index contributed by atoms with van der Waals surface area (Å²) in [5, 5.41) is 2.23. The molecule has 7 nitrogen and oxygen atoms in total. The first-order valence-corrected chi connectivity index (χ1v) is 8.73. The average Bonchev–Trinajstić information content (AvgIpc) is 2.60. The number of amides is 3. The van der Waals surface area contributed by atoms with Gasteiger partial charge in [0.1, 0.15) is 5.82 Å². The molecule has 2 aliphatic rings. The summed E-state index contributed by atoms with van der Waals surface area (Å²) < 4.78 is 19.7. The van der Waals surface area contributed by atoms with E-state index in [9.17, 15) is 18.8 Å². The number of imide groups is 1. The number of nitrogens with zero attached hydrogens (tertiary/aromatic N) is 2. The Bertz CT molecular complexity index is 716. The van der Waals surface area contributed by atoms with E-state index in [1.54, 1.807) is 12.1 Å². The number of benzene rings is 1. The molecule has 3 rings (SSSR count). The smallest absolute Gasteiger partial charge is 0.328 e. The van der Waals surface area contributed by atoms with E-state index in [0.717, 1.165) is 12.8 Å². The molecule has 2 saturated heterocycles. The van der Waals surface area contributed by atoms with Crippen LogP contribution in [-0.4, -0.2) is 44.1 Å². The number of piperidine rings is 1. The van der Waals surface area contributed by atoms with Gasteiger partial charge >= 0.3 is 12.0 Å². The molecule has 2 fully saturated rings. The maximum Gasteiger partial charge on any atom is 0.328 e. The molecule has 0 unspecified atom stereocenters. The van der Waals surface area contributed by atoms with Crippen LogP contribution in [0.4, 0.5) is 20.6 Å². The van der Waals surface area contributed by atoms with Crippen molar-refractivity contribution in [3.05, 3.63) is 24.0 Å². The van der Waals surface area contributed by atoms with Crippen LogP contribution >= 0.6 is 0 Å². The number of hydrogen-bond acceptors (Lipinski definition) is 5. The SMILES string of the molecule is CC(=O)OCC1CCN(c2ccc(N3CCC(=O)NC3=O)cc2F)CC1. The minimum atomic E-state index is -0.528. The first-order valence-electron chi connectivity index (χ1n) is 8.73. The Balaban J connectivity index is 1.63. The van der Waals surface area contributed by atoms with Crippen molar-refractivity contribution >= 4 is 29.3 Å². The molecule has 3 amide bonds. The number of rotatable bonds is 4. The predicted octanol–water partition coefficient (Wildman–Crippen LogP) is 2.05. The van der Waals surface area contributed by atoms with E-state index in [1.807, 2.05) is 4.90 Å². The highest BCUT2D eigenvalue weighted by Gasteiger charge is 2.26. The molecule has 0 spiro atoms. The van der Waals surface area contributed by atoms with Gasteiger partial charge in [-0.3, -0.25) is 19.8 Å². The lowest BCUT2D eigenvalue weighted by molar-refractivity contribution is -0.142. The molecule has 2 aliphatic heterocycles. The van der Waals surface area contributed by atoms with Gasteiger partial charge in [-0.15, -0.1) is 0 Å². The van der Waals surface area contributed by atoms with Gasteiger partial charge in [-0.2, -0.15) is 0 Å². The van der Waals surface area contributed by atoms with Crippen LogP contribution < -0.4 is 15.1 Å². The lowest BCUT2D eigenvalue weighted by Crippen LogP contribution is -2.49. The van der Waals surface area contributed by atoms with E-state index in [-0.39, 0.29) is 24.8 Å². The Morgan fingerprint density at radius 3 is 2.62 bits per heavy atom. The highest BCUT2D eigenvalue weighted by atomic mass is 19.1. The number of carbonyl (C=O) groups excluding carboxylic acids is 3. The standard InChI is InChI=1S/C18H22FN3O4/c1-12(23)26-11-13-4-7-21(8-5-13)16-3-2-14(10-15(16)19)22-9-6-17(24)20-18(22)25/h2-3,10,13H,4-9,11H2,1H3,(H,20,24,25). The number of esters is 1. The van der Waals surface area contributed by atoms with Crippen molar-refractivity contribution in [3.63, 3.8) is 0 Å². The van der Waals surface area contributed by atoms with Crippen LogP contribution in [0.5, 0.6) is 0 Å². The average molecular weight is 363 g/mol. The van der Waals surface area contributed by atoms with Gasteiger partial charge in [0.2, 0.25) is 5.91 Å². The second-order valence-corrected chi connectivity index (χ2v) is 6.62. The van der Waals surface area contributed by atoms with Gasteiger partial charge in [-0.1, -0.05) is 0 Å². The summed E-state index contributed by atoms with van der Waals surface area (Å²) in [4.78, 5) is 37.3. The second kappa shape index (κ2) is 7.72. The normalized spacial score (nSPS) is 18.7. The van der Waals surface area contributed by atoms with Crippen LogP contribution in [0, 0.1) is 11.7 Å². The quantitative estimate of drug-likeness (QED) is 0.829. The van der Waals surface area contributed by atoms with Gasteiger partial charge in [0.15, 0.2) is 0 Å². The molecular weight excluding hydrogens is 341 g/mol. The Morgan fingerprint density at radius 2 is 2.00 bits per heavy atom. The van der Waals surface area contributed by atoms with Crippen LogP contribution in [0.25, 0.3) is 0 Å². The molecule has 140 valence electrons. The molecule has 0 aliphatic carbocycles.